The molecule has 2 heterocycles. The number of halogens is 1. The van der Waals surface area contributed by atoms with Crippen molar-refractivity contribution in [2.75, 3.05) is 7.05 Å². The average molecular weight is 344 g/mol. The van der Waals surface area contributed by atoms with Crippen molar-refractivity contribution in [2.24, 2.45) is 0 Å². The molecule has 2 aromatic heterocycles. The number of para-hydroxylation sites is 1. The van der Waals surface area contributed by atoms with E-state index < -0.39 is 5.91 Å². The Bertz CT molecular complexity index is 920. The number of nitrogens with one attached hydrogen (secondary N) is 2. The number of carbonyl (C=O) groups is 2. The summed E-state index contributed by atoms with van der Waals surface area (Å²) < 4.78 is 5.45. The number of amides is 2. The first-order valence-electron chi connectivity index (χ1n) is 7.23. The molecule has 0 fully saturated rings. The predicted octanol–water partition coefficient (Wildman–Crippen LogP) is 2.77. The maximum Gasteiger partial charge on any atom is 0.270 e. The molecular formula is C17H14ClN3O3. The quantitative estimate of drug-likeness (QED) is 0.763. The van der Waals surface area contributed by atoms with Crippen molar-refractivity contribution in [1.82, 2.24) is 15.6 Å². The van der Waals surface area contributed by atoms with Crippen LogP contribution in [0, 0.1) is 0 Å². The summed E-state index contributed by atoms with van der Waals surface area (Å²) in [6, 6.07) is 12.1. The molecule has 3 aromatic rings. The molecule has 0 saturated heterocycles. The molecule has 0 bridgehead atoms. The van der Waals surface area contributed by atoms with Gasteiger partial charge < -0.3 is 15.1 Å². The van der Waals surface area contributed by atoms with Crippen LogP contribution in [-0.2, 0) is 6.54 Å². The second-order valence-electron chi connectivity index (χ2n) is 5.02. The van der Waals surface area contributed by atoms with Crippen LogP contribution in [0.4, 0.5) is 0 Å². The monoisotopic (exact) mass is 343 g/mol. The molecule has 3 rings (SSSR count). The third-order valence-corrected chi connectivity index (χ3v) is 3.82. The third-order valence-electron chi connectivity index (χ3n) is 3.52. The van der Waals surface area contributed by atoms with Crippen LogP contribution in [0.25, 0.3) is 11.0 Å². The Labute approximate surface area is 142 Å². The second kappa shape index (κ2) is 6.72. The number of furan rings is 1. The fourth-order valence-electron chi connectivity index (χ4n) is 2.31. The number of hydrogen-bond donors (Lipinski definition) is 2. The fourth-order valence-corrected chi connectivity index (χ4v) is 2.56. The normalized spacial score (nSPS) is 10.6. The van der Waals surface area contributed by atoms with Gasteiger partial charge in [0, 0.05) is 24.5 Å². The summed E-state index contributed by atoms with van der Waals surface area (Å²) in [6.07, 6.45) is 0. The van der Waals surface area contributed by atoms with E-state index in [-0.39, 0.29) is 29.1 Å². The topological polar surface area (TPSA) is 84.2 Å². The molecule has 7 heteroatoms. The van der Waals surface area contributed by atoms with Crippen LogP contribution in [0.5, 0.6) is 0 Å². The van der Waals surface area contributed by atoms with E-state index >= 15 is 0 Å². The predicted molar refractivity (Wildman–Crippen MR) is 90.0 cm³/mol. The summed E-state index contributed by atoms with van der Waals surface area (Å²) in [4.78, 5) is 27.9. The summed E-state index contributed by atoms with van der Waals surface area (Å²) >= 11 is 6.10. The molecule has 0 saturated carbocycles. The van der Waals surface area contributed by atoms with Crippen molar-refractivity contribution in [2.45, 2.75) is 6.54 Å². The van der Waals surface area contributed by atoms with Crippen molar-refractivity contribution in [1.29, 1.82) is 0 Å². The molecule has 2 amide bonds. The van der Waals surface area contributed by atoms with Crippen molar-refractivity contribution in [3.63, 3.8) is 0 Å². The number of fused-ring (bicyclic) bond motifs is 1. The summed E-state index contributed by atoms with van der Waals surface area (Å²) in [5.41, 5.74) is 1.69. The van der Waals surface area contributed by atoms with Crippen LogP contribution in [-0.4, -0.2) is 23.8 Å². The highest BCUT2D eigenvalue weighted by Gasteiger charge is 2.15. The van der Waals surface area contributed by atoms with Crippen LogP contribution in [0.15, 0.2) is 46.9 Å². The van der Waals surface area contributed by atoms with Gasteiger partial charge in [-0.2, -0.15) is 0 Å². The zero-order valence-electron chi connectivity index (χ0n) is 12.8. The summed E-state index contributed by atoms with van der Waals surface area (Å²) in [5, 5.41) is 6.29. The van der Waals surface area contributed by atoms with Gasteiger partial charge >= 0.3 is 0 Å². The molecule has 122 valence electrons. The minimum atomic E-state index is -0.401. The second-order valence-corrected chi connectivity index (χ2v) is 5.36. The minimum absolute atomic E-state index is 0.153. The van der Waals surface area contributed by atoms with Crippen molar-refractivity contribution in [3.8, 4) is 0 Å². The molecule has 6 nitrogen and oxygen atoms in total. The maximum absolute atomic E-state index is 12.3. The highest BCUT2D eigenvalue weighted by molar-refractivity contribution is 6.30. The van der Waals surface area contributed by atoms with E-state index in [0.717, 1.165) is 5.39 Å². The molecule has 0 spiro atoms. The van der Waals surface area contributed by atoms with Gasteiger partial charge in [0.2, 0.25) is 0 Å². The van der Waals surface area contributed by atoms with Crippen LogP contribution in [0.3, 0.4) is 0 Å². The first-order chi connectivity index (χ1) is 11.6. The number of hydrogen-bond acceptors (Lipinski definition) is 4. The fraction of sp³-hybridized carbons (Fsp3) is 0.118. The molecule has 2 N–H and O–H groups in total. The van der Waals surface area contributed by atoms with Gasteiger partial charge in [-0.3, -0.25) is 9.59 Å². The summed E-state index contributed by atoms with van der Waals surface area (Å²) in [7, 11) is 1.50. The molecule has 0 unspecified atom stereocenters. The average Bonchev–Trinajstić information content (AvgIpc) is 2.94. The SMILES string of the molecule is CNC(=O)c1cccc(C(=O)NCc2c(Cl)oc3ccccc23)n1. The molecular weight excluding hydrogens is 330 g/mol. The first kappa shape index (κ1) is 16.0. The lowest BCUT2D eigenvalue weighted by Gasteiger charge is -2.05. The number of carbonyl (C=O) groups excluding carboxylic acids is 2. The van der Waals surface area contributed by atoms with Gasteiger partial charge in [0.25, 0.3) is 11.8 Å². The van der Waals surface area contributed by atoms with Gasteiger partial charge in [-0.15, -0.1) is 0 Å². The van der Waals surface area contributed by atoms with Gasteiger partial charge in [0.05, 0.1) is 0 Å². The molecule has 0 aliphatic heterocycles. The van der Waals surface area contributed by atoms with Crippen LogP contribution < -0.4 is 10.6 Å². The molecule has 0 aliphatic carbocycles. The van der Waals surface area contributed by atoms with Gasteiger partial charge in [-0.25, -0.2) is 4.98 Å². The zero-order valence-corrected chi connectivity index (χ0v) is 13.6. The minimum Gasteiger partial charge on any atom is -0.444 e. The molecule has 0 atom stereocenters. The lowest BCUT2D eigenvalue weighted by molar-refractivity contribution is 0.0944. The van der Waals surface area contributed by atoms with Crippen LogP contribution in [0.2, 0.25) is 5.22 Å². The third kappa shape index (κ3) is 3.09. The van der Waals surface area contributed by atoms with E-state index in [9.17, 15) is 9.59 Å². The van der Waals surface area contributed by atoms with E-state index in [4.69, 9.17) is 16.0 Å². The first-order valence-corrected chi connectivity index (χ1v) is 7.61. The lowest BCUT2D eigenvalue weighted by Crippen LogP contribution is -2.26. The number of aromatic nitrogens is 1. The van der Waals surface area contributed by atoms with E-state index in [1.54, 1.807) is 12.1 Å². The van der Waals surface area contributed by atoms with Gasteiger partial charge in [0.15, 0.2) is 5.22 Å². The zero-order chi connectivity index (χ0) is 17.1. The highest BCUT2D eigenvalue weighted by Crippen LogP contribution is 2.29. The summed E-state index contributed by atoms with van der Waals surface area (Å²) in [6.45, 7) is 0.195. The van der Waals surface area contributed by atoms with Gasteiger partial charge in [-0.1, -0.05) is 24.3 Å². The highest BCUT2D eigenvalue weighted by atomic mass is 35.5. The van der Waals surface area contributed by atoms with Gasteiger partial charge in [-0.05, 0) is 29.8 Å². The Morgan fingerprint density at radius 2 is 1.79 bits per heavy atom. The van der Waals surface area contributed by atoms with Crippen molar-refractivity contribution < 1.29 is 14.0 Å². The van der Waals surface area contributed by atoms with Crippen LogP contribution in [0.1, 0.15) is 26.5 Å². The van der Waals surface area contributed by atoms with E-state index in [0.29, 0.717) is 11.1 Å². The molecule has 0 aliphatic rings. The Morgan fingerprint density at radius 3 is 2.54 bits per heavy atom. The number of benzene rings is 1. The largest absolute Gasteiger partial charge is 0.444 e. The number of nitrogens with zero attached hydrogens (tertiary/aromatic N) is 1. The Morgan fingerprint density at radius 1 is 1.08 bits per heavy atom. The van der Waals surface area contributed by atoms with Crippen LogP contribution >= 0.6 is 11.6 Å². The Kier molecular flexibility index (Phi) is 4.48. The van der Waals surface area contributed by atoms with E-state index in [1.165, 1.54) is 19.2 Å². The van der Waals surface area contributed by atoms with E-state index in [1.807, 2.05) is 18.2 Å². The maximum atomic E-state index is 12.3. The molecule has 0 radical (unpaired) electrons. The Balaban J connectivity index is 1.78. The number of pyridine rings is 1. The van der Waals surface area contributed by atoms with E-state index in [2.05, 4.69) is 15.6 Å². The smallest absolute Gasteiger partial charge is 0.270 e. The number of rotatable bonds is 4. The molecule has 24 heavy (non-hydrogen) atoms. The summed E-state index contributed by atoms with van der Waals surface area (Å²) in [5.74, 6) is -0.754. The standard InChI is InChI=1S/C17H14ClN3O3/c1-19-16(22)12-6-4-7-13(21-12)17(23)20-9-11-10-5-2-3-8-14(10)24-15(11)18/h2-8H,9H2,1H3,(H,19,22)(H,20,23). The van der Waals surface area contributed by atoms with Gasteiger partial charge in [0.1, 0.15) is 17.0 Å². The lowest BCUT2D eigenvalue weighted by atomic mass is 10.2. The van der Waals surface area contributed by atoms with Crippen molar-refractivity contribution >= 4 is 34.4 Å². The Hall–Kier alpha value is -2.86. The molecule has 1 aromatic carbocycles. The van der Waals surface area contributed by atoms with Crippen molar-refractivity contribution in [3.05, 3.63) is 64.6 Å².